The molecule has 2 aromatic heterocycles. The SMILES string of the molecule is COc1cc(-c2cc(C(F)(F)F)cc3c2n(C)c(=O)n3CC(=O)N(C)c2ccc(F)cc2)cc(F)c1OCc1nnc[nH]1.Cl. The number of anilines is 1. The number of hydrogen-bond acceptors (Lipinski definition) is 6. The molecule has 0 radical (unpaired) electrons. The number of nitrogens with zero attached hydrogens (tertiary/aromatic N) is 5. The molecule has 16 heteroatoms. The number of H-pyrrole nitrogens is 1. The van der Waals surface area contributed by atoms with Crippen molar-refractivity contribution < 1.29 is 36.2 Å². The summed E-state index contributed by atoms with van der Waals surface area (Å²) in [6.07, 6.45) is -3.55. The molecule has 0 spiro atoms. The highest BCUT2D eigenvalue weighted by Gasteiger charge is 2.33. The molecule has 0 aliphatic carbocycles. The molecule has 1 amide bonds. The molecular formula is C28H24ClF5N6O4. The molecule has 0 fully saturated rings. The minimum Gasteiger partial charge on any atom is -0.493 e. The van der Waals surface area contributed by atoms with E-state index in [1.165, 1.54) is 45.7 Å². The zero-order valence-corrected chi connectivity index (χ0v) is 24.1. The molecule has 0 saturated heterocycles. The van der Waals surface area contributed by atoms with Gasteiger partial charge >= 0.3 is 11.9 Å². The number of aromatic amines is 1. The highest BCUT2D eigenvalue weighted by molar-refractivity contribution is 5.97. The van der Waals surface area contributed by atoms with E-state index in [4.69, 9.17) is 9.47 Å². The number of aryl methyl sites for hydroxylation is 1. The smallest absolute Gasteiger partial charge is 0.416 e. The number of amides is 1. The molecule has 5 rings (SSSR count). The van der Waals surface area contributed by atoms with E-state index in [1.807, 2.05) is 0 Å². The van der Waals surface area contributed by atoms with Crippen LogP contribution in [-0.2, 0) is 31.2 Å². The molecule has 232 valence electrons. The minimum atomic E-state index is -4.85. The quantitative estimate of drug-likeness (QED) is 0.237. The zero-order chi connectivity index (χ0) is 31.1. The summed E-state index contributed by atoms with van der Waals surface area (Å²) >= 11 is 0. The first-order chi connectivity index (χ1) is 20.4. The number of methoxy groups -OCH3 is 1. The third-order valence-corrected chi connectivity index (χ3v) is 6.80. The third kappa shape index (κ3) is 6.08. The lowest BCUT2D eigenvalue weighted by atomic mass is 9.99. The standard InChI is InChI=1S/C28H23F5N6O4.ClH/c1-37(18-6-4-17(29)5-7-18)24(40)12-39-21-11-16(28(31,32)33)10-19(25(21)38(2)27(39)41)15-8-20(30)26(22(9-15)42-3)43-13-23-34-14-35-36-23;/h4-11,14H,12-13H2,1-3H3,(H,34,35,36);1H. The van der Waals surface area contributed by atoms with Gasteiger partial charge in [0.15, 0.2) is 23.1 Å². The molecule has 0 atom stereocenters. The van der Waals surface area contributed by atoms with Gasteiger partial charge in [0.05, 0.1) is 23.7 Å². The Hall–Kier alpha value is -4.92. The normalized spacial score (nSPS) is 11.4. The summed E-state index contributed by atoms with van der Waals surface area (Å²) in [4.78, 5) is 30.3. The van der Waals surface area contributed by atoms with Crippen LogP contribution in [0.25, 0.3) is 22.2 Å². The molecule has 0 aliphatic heterocycles. The van der Waals surface area contributed by atoms with Crippen LogP contribution in [0.4, 0.5) is 27.6 Å². The van der Waals surface area contributed by atoms with Gasteiger partial charge in [-0.05, 0) is 54.1 Å². The fraction of sp³-hybridized carbons (Fsp3) is 0.214. The van der Waals surface area contributed by atoms with Gasteiger partial charge in [0, 0.05) is 25.3 Å². The Labute approximate surface area is 252 Å². The molecule has 1 N–H and O–H groups in total. The Kier molecular flexibility index (Phi) is 8.99. The molecule has 2 heterocycles. The van der Waals surface area contributed by atoms with Crippen LogP contribution < -0.4 is 20.1 Å². The summed E-state index contributed by atoms with van der Waals surface area (Å²) in [5, 5.41) is 7.35. The summed E-state index contributed by atoms with van der Waals surface area (Å²) in [5.41, 5.74) is -1.96. The lowest BCUT2D eigenvalue weighted by Crippen LogP contribution is -2.34. The molecule has 3 aromatic carbocycles. The predicted molar refractivity (Wildman–Crippen MR) is 152 cm³/mol. The van der Waals surface area contributed by atoms with Gasteiger partial charge in [0.25, 0.3) is 0 Å². The monoisotopic (exact) mass is 638 g/mol. The van der Waals surface area contributed by atoms with Crippen molar-refractivity contribution in [1.29, 1.82) is 0 Å². The number of aromatic nitrogens is 5. The van der Waals surface area contributed by atoms with Crippen LogP contribution in [0, 0.1) is 11.6 Å². The number of carbonyl (C=O) groups excluding carboxylic acids is 1. The van der Waals surface area contributed by atoms with E-state index in [0.29, 0.717) is 11.5 Å². The Bertz CT molecular complexity index is 1870. The Balaban J connectivity index is 0.00000442. The maximum atomic E-state index is 15.4. The maximum Gasteiger partial charge on any atom is 0.416 e. The van der Waals surface area contributed by atoms with Crippen LogP contribution in [-0.4, -0.2) is 44.4 Å². The summed E-state index contributed by atoms with van der Waals surface area (Å²) in [5.74, 6) is -2.26. The van der Waals surface area contributed by atoms with Gasteiger partial charge in [-0.15, -0.1) is 22.6 Å². The van der Waals surface area contributed by atoms with Crippen LogP contribution >= 0.6 is 12.4 Å². The summed E-state index contributed by atoms with van der Waals surface area (Å²) < 4.78 is 83.7. The van der Waals surface area contributed by atoms with Gasteiger partial charge in [0.1, 0.15) is 25.3 Å². The first-order valence-corrected chi connectivity index (χ1v) is 12.6. The van der Waals surface area contributed by atoms with E-state index < -0.39 is 41.5 Å². The lowest BCUT2D eigenvalue weighted by molar-refractivity contribution is -0.137. The van der Waals surface area contributed by atoms with Gasteiger partial charge < -0.3 is 19.4 Å². The highest BCUT2D eigenvalue weighted by Crippen LogP contribution is 2.41. The fourth-order valence-electron chi connectivity index (χ4n) is 4.60. The van der Waals surface area contributed by atoms with Crippen LogP contribution in [0.15, 0.2) is 59.7 Å². The van der Waals surface area contributed by atoms with E-state index >= 15 is 4.39 Å². The van der Waals surface area contributed by atoms with Gasteiger partial charge in [0.2, 0.25) is 5.91 Å². The average molecular weight is 639 g/mol. The number of alkyl halides is 3. The van der Waals surface area contributed by atoms with E-state index in [-0.39, 0.29) is 52.7 Å². The number of carbonyl (C=O) groups is 1. The first kappa shape index (κ1) is 32.0. The number of imidazole rings is 1. The first-order valence-electron chi connectivity index (χ1n) is 12.6. The number of halogens is 6. The van der Waals surface area contributed by atoms with Crippen molar-refractivity contribution in [1.82, 2.24) is 24.3 Å². The van der Waals surface area contributed by atoms with Crippen molar-refractivity contribution >= 4 is 35.0 Å². The van der Waals surface area contributed by atoms with Crippen LogP contribution in [0.5, 0.6) is 11.5 Å². The van der Waals surface area contributed by atoms with Crippen molar-refractivity contribution in [2.75, 3.05) is 19.1 Å². The minimum absolute atomic E-state index is 0. The summed E-state index contributed by atoms with van der Waals surface area (Å²) in [6.45, 7) is -0.824. The third-order valence-electron chi connectivity index (χ3n) is 6.80. The molecule has 0 aliphatic rings. The number of benzene rings is 3. The molecule has 0 bridgehead atoms. The van der Waals surface area contributed by atoms with Crippen molar-refractivity contribution in [3.05, 3.63) is 88.4 Å². The molecule has 0 saturated carbocycles. The lowest BCUT2D eigenvalue weighted by Gasteiger charge is -2.18. The van der Waals surface area contributed by atoms with Crippen molar-refractivity contribution in [2.45, 2.75) is 19.3 Å². The van der Waals surface area contributed by atoms with Gasteiger partial charge in [-0.1, -0.05) is 0 Å². The Morgan fingerprint density at radius 1 is 1.09 bits per heavy atom. The maximum absolute atomic E-state index is 15.4. The zero-order valence-electron chi connectivity index (χ0n) is 23.3. The largest absolute Gasteiger partial charge is 0.493 e. The Morgan fingerprint density at radius 2 is 1.80 bits per heavy atom. The number of hydrogen-bond donors (Lipinski definition) is 1. The Morgan fingerprint density at radius 3 is 2.41 bits per heavy atom. The summed E-state index contributed by atoms with van der Waals surface area (Å²) in [7, 11) is 3.95. The molecule has 5 aromatic rings. The fourth-order valence-corrected chi connectivity index (χ4v) is 4.60. The second-order valence-electron chi connectivity index (χ2n) is 9.46. The molecule has 44 heavy (non-hydrogen) atoms. The number of ether oxygens (including phenoxy) is 2. The number of fused-ring (bicyclic) bond motifs is 1. The summed E-state index contributed by atoms with van der Waals surface area (Å²) in [6, 6.07) is 8.77. The second kappa shape index (κ2) is 12.4. The van der Waals surface area contributed by atoms with Crippen LogP contribution in [0.2, 0.25) is 0 Å². The average Bonchev–Trinajstić information content (AvgIpc) is 3.58. The topological polar surface area (TPSA) is 107 Å². The van der Waals surface area contributed by atoms with E-state index in [0.717, 1.165) is 44.4 Å². The van der Waals surface area contributed by atoms with Crippen molar-refractivity contribution in [3.63, 3.8) is 0 Å². The predicted octanol–water partition coefficient (Wildman–Crippen LogP) is 5.09. The van der Waals surface area contributed by atoms with Crippen LogP contribution in [0.3, 0.4) is 0 Å². The van der Waals surface area contributed by atoms with E-state index in [9.17, 15) is 27.2 Å². The van der Waals surface area contributed by atoms with Gasteiger partial charge in [-0.3, -0.25) is 13.9 Å². The highest BCUT2D eigenvalue weighted by atomic mass is 35.5. The van der Waals surface area contributed by atoms with E-state index in [1.54, 1.807) is 0 Å². The van der Waals surface area contributed by atoms with Gasteiger partial charge in [-0.25, -0.2) is 13.6 Å². The number of likely N-dealkylation sites (N-methyl/N-ethyl adjacent to an activating group) is 1. The molecular weight excluding hydrogens is 615 g/mol. The van der Waals surface area contributed by atoms with Crippen LogP contribution in [0.1, 0.15) is 11.4 Å². The van der Waals surface area contributed by atoms with E-state index in [2.05, 4.69) is 15.2 Å². The van der Waals surface area contributed by atoms with Crippen molar-refractivity contribution in [3.8, 4) is 22.6 Å². The second-order valence-corrected chi connectivity index (χ2v) is 9.46. The number of nitrogens with one attached hydrogen (secondary N) is 1. The van der Waals surface area contributed by atoms with Crippen molar-refractivity contribution in [2.24, 2.45) is 7.05 Å². The molecule has 0 unspecified atom stereocenters. The number of rotatable bonds is 8. The van der Waals surface area contributed by atoms with Gasteiger partial charge in [-0.2, -0.15) is 13.2 Å². The molecule has 10 nitrogen and oxygen atoms in total.